The Bertz CT molecular complexity index is 817. The van der Waals surface area contributed by atoms with E-state index in [1.54, 1.807) is 12.0 Å². The number of hydrogen-bond acceptors (Lipinski definition) is 3. The van der Waals surface area contributed by atoms with Crippen molar-refractivity contribution in [1.29, 1.82) is 0 Å². The topological polar surface area (TPSA) is 58.8 Å². The summed E-state index contributed by atoms with van der Waals surface area (Å²) in [6.45, 7) is 9.26. The predicted molar refractivity (Wildman–Crippen MR) is 123 cm³/mol. The Hall–Kier alpha value is -2.79. The Morgan fingerprint density at radius 1 is 1.10 bits per heavy atom. The molecule has 0 spiro atoms. The van der Waals surface area contributed by atoms with Gasteiger partial charge in [-0.1, -0.05) is 55.5 Å². The van der Waals surface area contributed by atoms with E-state index < -0.39 is 0 Å². The smallest absolute Gasteiger partial charge is 0.338 e. The molecule has 0 aliphatic heterocycles. The molecule has 0 fully saturated rings. The fraction of sp³-hybridized carbons (Fsp3) is 0.400. The van der Waals surface area contributed by atoms with Crippen LogP contribution in [-0.2, 0) is 13.0 Å². The van der Waals surface area contributed by atoms with Crippen LogP contribution in [0.15, 0.2) is 60.8 Å². The highest BCUT2D eigenvalue weighted by Crippen LogP contribution is 2.18. The number of nitrogens with zero attached hydrogens (tertiary/aromatic N) is 2. The molecule has 2 aromatic rings. The van der Waals surface area contributed by atoms with Gasteiger partial charge in [-0.3, -0.25) is 9.91 Å². The highest BCUT2D eigenvalue weighted by molar-refractivity contribution is 5.75. The van der Waals surface area contributed by atoms with Gasteiger partial charge in [0.05, 0.1) is 13.7 Å². The first kappa shape index (κ1) is 23.5. The first-order valence-electron chi connectivity index (χ1n) is 10.6. The molecule has 0 saturated carbocycles. The predicted octanol–water partition coefficient (Wildman–Crippen LogP) is 5.44. The maximum Gasteiger partial charge on any atom is 0.338 e. The number of nitrogens with two attached hydrogens (primary N) is 1. The van der Waals surface area contributed by atoms with Crippen molar-refractivity contribution in [2.24, 2.45) is 5.84 Å². The van der Waals surface area contributed by atoms with Crippen molar-refractivity contribution in [3.63, 3.8) is 0 Å². The van der Waals surface area contributed by atoms with E-state index in [1.807, 2.05) is 43.3 Å². The number of carbonyl (C=O) groups excluding carboxylic acids is 1. The fourth-order valence-electron chi connectivity index (χ4n) is 3.35. The molecule has 0 unspecified atom stereocenters. The molecular weight excluding hydrogens is 374 g/mol. The first-order chi connectivity index (χ1) is 14.4. The lowest BCUT2D eigenvalue weighted by Crippen LogP contribution is -2.46. The molecule has 0 aromatic heterocycles. The highest BCUT2D eigenvalue weighted by Gasteiger charge is 2.20. The molecule has 162 valence electrons. The zero-order valence-corrected chi connectivity index (χ0v) is 18.6. The Morgan fingerprint density at radius 2 is 1.83 bits per heavy atom. The van der Waals surface area contributed by atoms with Crippen molar-refractivity contribution in [1.82, 2.24) is 9.91 Å². The summed E-state index contributed by atoms with van der Waals surface area (Å²) in [6.07, 6.45) is 4.59. The molecule has 0 atom stereocenters. The number of hydrazine groups is 1. The maximum absolute atomic E-state index is 12.9. The van der Waals surface area contributed by atoms with Crippen molar-refractivity contribution in [3.05, 3.63) is 77.5 Å². The number of methoxy groups -OCH3 is 1. The molecule has 5 nitrogen and oxygen atoms in total. The molecule has 0 radical (unpaired) electrons. The summed E-state index contributed by atoms with van der Waals surface area (Å²) >= 11 is 0. The fourth-order valence-corrected chi connectivity index (χ4v) is 3.35. The van der Waals surface area contributed by atoms with Crippen molar-refractivity contribution in [2.45, 2.75) is 52.5 Å². The third kappa shape index (κ3) is 7.23. The zero-order valence-electron chi connectivity index (χ0n) is 18.6. The molecule has 2 amide bonds. The highest BCUT2D eigenvalue weighted by atomic mass is 16.5. The van der Waals surface area contributed by atoms with E-state index in [9.17, 15) is 4.79 Å². The van der Waals surface area contributed by atoms with Gasteiger partial charge in [0.15, 0.2) is 0 Å². The Morgan fingerprint density at radius 3 is 2.50 bits per heavy atom. The Balaban J connectivity index is 1.86. The van der Waals surface area contributed by atoms with Crippen molar-refractivity contribution >= 4 is 6.03 Å². The quantitative estimate of drug-likeness (QED) is 0.233. The van der Waals surface area contributed by atoms with Gasteiger partial charge in [-0.25, -0.2) is 10.6 Å². The van der Waals surface area contributed by atoms with Crippen LogP contribution in [0.2, 0.25) is 0 Å². The minimum absolute atomic E-state index is 0.199. The van der Waals surface area contributed by atoms with Gasteiger partial charge in [-0.15, -0.1) is 0 Å². The molecule has 0 aliphatic rings. The Labute approximate surface area is 181 Å². The summed E-state index contributed by atoms with van der Waals surface area (Å²) in [7, 11) is 1.68. The Kier molecular flexibility index (Phi) is 9.42. The molecule has 0 aliphatic carbocycles. The van der Waals surface area contributed by atoms with Crippen LogP contribution in [-0.4, -0.2) is 29.6 Å². The standard InChI is InChI=1S/C25H35N3O2/c1-5-17-27(25(29)28(26)19-23-15-13-20(2)14-16-23)21(3)9-6-7-10-22-11-8-12-24(18-22)30-4/h8,11-16,18H,3,5-7,9-10,17,19,26H2,1-2,4H3. The minimum atomic E-state index is -0.199. The second kappa shape index (κ2) is 12.0. The monoisotopic (exact) mass is 409 g/mol. The summed E-state index contributed by atoms with van der Waals surface area (Å²) in [5.41, 5.74) is 4.28. The van der Waals surface area contributed by atoms with Crippen LogP contribution in [0.4, 0.5) is 4.79 Å². The molecule has 5 heteroatoms. The van der Waals surface area contributed by atoms with Crippen LogP contribution in [0.1, 0.15) is 49.3 Å². The van der Waals surface area contributed by atoms with Crippen LogP contribution < -0.4 is 10.6 Å². The molecular formula is C25H35N3O2. The molecule has 2 N–H and O–H groups in total. The van der Waals surface area contributed by atoms with Crippen LogP contribution in [0.5, 0.6) is 5.75 Å². The lowest BCUT2D eigenvalue weighted by molar-refractivity contribution is 0.161. The van der Waals surface area contributed by atoms with Gasteiger partial charge in [0.1, 0.15) is 5.75 Å². The van der Waals surface area contributed by atoms with Gasteiger partial charge in [0.2, 0.25) is 0 Å². The lowest BCUT2D eigenvalue weighted by Gasteiger charge is -2.29. The third-order valence-corrected chi connectivity index (χ3v) is 5.09. The van der Waals surface area contributed by atoms with Gasteiger partial charge in [-0.05, 0) is 62.3 Å². The maximum atomic E-state index is 12.9. The average Bonchev–Trinajstić information content (AvgIpc) is 2.76. The normalized spacial score (nSPS) is 10.5. The van der Waals surface area contributed by atoms with Crippen molar-refractivity contribution in [3.8, 4) is 5.75 Å². The number of carbonyl (C=O) groups is 1. The number of amides is 2. The number of aryl methyl sites for hydroxylation is 2. The SMILES string of the molecule is C=C(CCCCc1cccc(OC)c1)N(CCC)C(=O)N(N)Cc1ccc(C)cc1. The molecule has 30 heavy (non-hydrogen) atoms. The number of unbranched alkanes of at least 4 members (excludes halogenated alkanes) is 1. The summed E-state index contributed by atoms with van der Waals surface area (Å²) in [6, 6.07) is 16.0. The first-order valence-corrected chi connectivity index (χ1v) is 10.6. The van der Waals surface area contributed by atoms with Crippen LogP contribution >= 0.6 is 0 Å². The largest absolute Gasteiger partial charge is 0.497 e. The van der Waals surface area contributed by atoms with Crippen molar-refractivity contribution in [2.75, 3.05) is 13.7 Å². The lowest BCUT2D eigenvalue weighted by atomic mass is 10.1. The van der Waals surface area contributed by atoms with Crippen LogP contribution in [0.25, 0.3) is 0 Å². The summed E-state index contributed by atoms with van der Waals surface area (Å²) in [5, 5.41) is 1.28. The number of ether oxygens (including phenoxy) is 1. The zero-order chi connectivity index (χ0) is 21.9. The van der Waals surface area contributed by atoms with E-state index in [-0.39, 0.29) is 6.03 Å². The van der Waals surface area contributed by atoms with Gasteiger partial charge < -0.3 is 4.74 Å². The summed E-state index contributed by atoms with van der Waals surface area (Å²) < 4.78 is 5.28. The molecule has 2 rings (SSSR count). The molecule has 0 heterocycles. The number of allylic oxidation sites excluding steroid dienone is 1. The van der Waals surface area contributed by atoms with Gasteiger partial charge in [0, 0.05) is 12.2 Å². The van der Waals surface area contributed by atoms with E-state index in [1.165, 1.54) is 16.1 Å². The second-order valence-electron chi connectivity index (χ2n) is 7.67. The summed E-state index contributed by atoms with van der Waals surface area (Å²) in [5.74, 6) is 6.99. The second-order valence-corrected chi connectivity index (χ2v) is 7.67. The van der Waals surface area contributed by atoms with E-state index in [2.05, 4.69) is 25.6 Å². The summed E-state index contributed by atoms with van der Waals surface area (Å²) in [4.78, 5) is 14.6. The number of hydrogen-bond donors (Lipinski definition) is 1. The number of urea groups is 1. The molecule has 0 saturated heterocycles. The van der Waals surface area contributed by atoms with Gasteiger partial charge in [-0.2, -0.15) is 0 Å². The average molecular weight is 410 g/mol. The van der Waals surface area contributed by atoms with Gasteiger partial charge >= 0.3 is 6.03 Å². The van der Waals surface area contributed by atoms with E-state index in [0.717, 1.165) is 49.1 Å². The molecule has 0 bridgehead atoms. The number of benzene rings is 2. The van der Waals surface area contributed by atoms with E-state index in [0.29, 0.717) is 13.1 Å². The molecule has 2 aromatic carbocycles. The van der Waals surface area contributed by atoms with Crippen LogP contribution in [0.3, 0.4) is 0 Å². The van der Waals surface area contributed by atoms with E-state index >= 15 is 0 Å². The van der Waals surface area contributed by atoms with Crippen LogP contribution in [0, 0.1) is 6.92 Å². The number of rotatable bonds is 11. The minimum Gasteiger partial charge on any atom is -0.497 e. The van der Waals surface area contributed by atoms with E-state index in [4.69, 9.17) is 10.6 Å². The van der Waals surface area contributed by atoms with Crippen molar-refractivity contribution < 1.29 is 9.53 Å². The van der Waals surface area contributed by atoms with Gasteiger partial charge in [0.25, 0.3) is 0 Å². The third-order valence-electron chi connectivity index (χ3n) is 5.09.